The number of pyridine rings is 2. The lowest BCUT2D eigenvalue weighted by Gasteiger charge is -2.14. The first-order valence-electron chi connectivity index (χ1n) is 8.68. The Balaban J connectivity index is 2.06. The summed E-state index contributed by atoms with van der Waals surface area (Å²) in [4.78, 5) is 19.8. The van der Waals surface area contributed by atoms with Gasteiger partial charge in [-0.1, -0.05) is 12.7 Å². The minimum atomic E-state index is -1.07. The molecular formula is C21H13F2N5O. The van der Waals surface area contributed by atoms with E-state index in [1.807, 2.05) is 6.07 Å². The van der Waals surface area contributed by atoms with Crippen molar-refractivity contribution < 1.29 is 8.78 Å². The van der Waals surface area contributed by atoms with Crippen molar-refractivity contribution >= 4 is 44.5 Å². The molecule has 5 aromatic rings. The topological polar surface area (TPSA) is 100 Å². The largest absolute Gasteiger partial charge is 0.394 e. The first-order chi connectivity index (χ1) is 14.0. The molecule has 29 heavy (non-hydrogen) atoms. The van der Waals surface area contributed by atoms with Crippen LogP contribution in [0.3, 0.4) is 0 Å². The fourth-order valence-corrected chi connectivity index (χ4v) is 3.75. The molecule has 0 saturated heterocycles. The number of H-pyrrole nitrogens is 2. The third kappa shape index (κ3) is 2.29. The lowest BCUT2D eigenvalue weighted by molar-refractivity contribution is 0.515. The molecule has 0 atom stereocenters. The van der Waals surface area contributed by atoms with Crippen molar-refractivity contribution in [2.45, 2.75) is 0 Å². The number of halogens is 2. The molecule has 0 unspecified atom stereocenters. The van der Waals surface area contributed by atoms with Crippen LogP contribution in [0.2, 0.25) is 0 Å². The Morgan fingerprint density at radius 1 is 1.14 bits per heavy atom. The van der Waals surface area contributed by atoms with Crippen LogP contribution >= 0.6 is 0 Å². The average molecular weight is 389 g/mol. The van der Waals surface area contributed by atoms with Crippen LogP contribution in [-0.4, -0.2) is 20.2 Å². The second kappa shape index (κ2) is 5.96. The Bertz CT molecular complexity index is 1530. The summed E-state index contributed by atoms with van der Waals surface area (Å²) in [6.45, 7) is 3.83. The van der Waals surface area contributed by atoms with E-state index in [0.29, 0.717) is 38.3 Å². The summed E-state index contributed by atoms with van der Waals surface area (Å²) in [7, 11) is 0. The number of benzene rings is 2. The van der Waals surface area contributed by atoms with Gasteiger partial charge in [0.15, 0.2) is 11.6 Å². The smallest absolute Gasteiger partial charge is 0.272 e. The number of nitrogens with zero attached hydrogens (tertiary/aromatic N) is 2. The van der Waals surface area contributed by atoms with Gasteiger partial charge in [-0.05, 0) is 29.8 Å². The summed E-state index contributed by atoms with van der Waals surface area (Å²) in [6.07, 6.45) is 4.65. The van der Waals surface area contributed by atoms with Crippen LogP contribution in [0, 0.1) is 11.6 Å². The van der Waals surface area contributed by atoms with E-state index in [9.17, 15) is 13.6 Å². The number of hydrogen-bond acceptors (Lipinski definition) is 4. The number of rotatable bonds is 2. The van der Waals surface area contributed by atoms with E-state index in [-0.39, 0.29) is 16.8 Å². The van der Waals surface area contributed by atoms with Gasteiger partial charge in [0.2, 0.25) is 0 Å². The van der Waals surface area contributed by atoms with Crippen molar-refractivity contribution in [2.75, 3.05) is 5.73 Å². The third-order valence-corrected chi connectivity index (χ3v) is 5.06. The summed E-state index contributed by atoms with van der Waals surface area (Å²) in [6, 6.07) is 6.35. The molecule has 2 aromatic carbocycles. The average Bonchev–Trinajstić information content (AvgIpc) is 3.22. The van der Waals surface area contributed by atoms with Crippen molar-refractivity contribution in [2.24, 2.45) is 0 Å². The number of aromatic nitrogens is 4. The zero-order chi connectivity index (χ0) is 20.3. The molecule has 4 N–H and O–H groups in total. The molecule has 5 rings (SSSR count). The Hall–Kier alpha value is -4.07. The lowest BCUT2D eigenvalue weighted by atomic mass is 9.93. The van der Waals surface area contributed by atoms with Gasteiger partial charge in [-0.2, -0.15) is 5.10 Å². The van der Waals surface area contributed by atoms with Gasteiger partial charge < -0.3 is 10.7 Å². The number of hydrogen-bond donors (Lipinski definition) is 3. The Morgan fingerprint density at radius 2 is 1.97 bits per heavy atom. The summed E-state index contributed by atoms with van der Waals surface area (Å²) in [5.41, 5.74) is 7.81. The van der Waals surface area contributed by atoms with Crippen molar-refractivity contribution in [3.05, 3.63) is 70.8 Å². The van der Waals surface area contributed by atoms with E-state index >= 15 is 0 Å². The Morgan fingerprint density at radius 3 is 2.76 bits per heavy atom. The summed E-state index contributed by atoms with van der Waals surface area (Å²) in [5, 5.41) is 7.84. The molecule has 8 heteroatoms. The van der Waals surface area contributed by atoms with Crippen molar-refractivity contribution in [1.82, 2.24) is 20.2 Å². The number of anilines is 1. The molecule has 0 spiro atoms. The fraction of sp³-hybridized carbons (Fsp3) is 0. The van der Waals surface area contributed by atoms with Gasteiger partial charge in [0, 0.05) is 33.5 Å². The number of fused-ring (bicyclic) bond motifs is 4. The van der Waals surface area contributed by atoms with Gasteiger partial charge >= 0.3 is 0 Å². The van der Waals surface area contributed by atoms with Crippen molar-refractivity contribution in [1.29, 1.82) is 0 Å². The molecule has 0 aliphatic carbocycles. The molecule has 3 heterocycles. The third-order valence-electron chi connectivity index (χ3n) is 5.06. The van der Waals surface area contributed by atoms with Crippen LogP contribution in [0.1, 0.15) is 5.56 Å². The van der Waals surface area contributed by atoms with E-state index in [2.05, 4.69) is 26.7 Å². The predicted octanol–water partition coefficient (Wildman–Crippen LogP) is 4.12. The quantitative estimate of drug-likeness (QED) is 0.395. The molecular weight excluding hydrogens is 376 g/mol. The molecule has 0 fully saturated rings. The highest BCUT2D eigenvalue weighted by Gasteiger charge is 2.21. The highest BCUT2D eigenvalue weighted by atomic mass is 19.2. The SMILES string of the molecule is C=Cc1cc2c(-c3cc(F)c(F)c4[nH]ncc34)c(N)c(=O)[nH]c2c2cccnc12. The summed E-state index contributed by atoms with van der Waals surface area (Å²) in [5.74, 6) is -2.12. The highest BCUT2D eigenvalue weighted by molar-refractivity contribution is 6.15. The molecule has 6 nitrogen and oxygen atoms in total. The van der Waals surface area contributed by atoms with Gasteiger partial charge in [-0.15, -0.1) is 0 Å². The first kappa shape index (κ1) is 17.1. The second-order valence-corrected chi connectivity index (χ2v) is 6.61. The highest BCUT2D eigenvalue weighted by Crippen LogP contribution is 2.39. The fourth-order valence-electron chi connectivity index (χ4n) is 3.75. The number of nitrogens with one attached hydrogen (secondary N) is 2. The lowest BCUT2D eigenvalue weighted by Crippen LogP contribution is -2.14. The van der Waals surface area contributed by atoms with E-state index in [4.69, 9.17) is 5.73 Å². The van der Waals surface area contributed by atoms with Crippen LogP contribution in [0.25, 0.3) is 49.9 Å². The van der Waals surface area contributed by atoms with Crippen molar-refractivity contribution in [3.8, 4) is 11.1 Å². The van der Waals surface area contributed by atoms with Crippen LogP contribution < -0.4 is 11.3 Å². The molecule has 0 saturated carbocycles. The van der Waals surface area contributed by atoms with Gasteiger partial charge in [-0.3, -0.25) is 14.9 Å². The van der Waals surface area contributed by atoms with Gasteiger partial charge in [0.05, 0.1) is 17.2 Å². The molecule has 0 radical (unpaired) electrons. The normalized spacial score (nSPS) is 11.5. The predicted molar refractivity (Wildman–Crippen MR) is 109 cm³/mol. The van der Waals surface area contributed by atoms with E-state index in [1.165, 1.54) is 6.20 Å². The standard InChI is InChI=1S/C21H13F2N5O/c1-2-9-6-12-15(11-7-14(22)16(23)20-13(11)8-26-28-20)17(24)21(29)27-19(12)10-4-3-5-25-18(9)10/h2-8H,1,24H2,(H,26,28)(H,27,29). The van der Waals surface area contributed by atoms with E-state index < -0.39 is 17.2 Å². The van der Waals surface area contributed by atoms with Crippen LogP contribution in [-0.2, 0) is 0 Å². The number of aromatic amines is 2. The van der Waals surface area contributed by atoms with Crippen LogP contribution in [0.15, 0.2) is 48.0 Å². The minimum Gasteiger partial charge on any atom is -0.394 e. The molecule has 0 aliphatic rings. The molecule has 0 aliphatic heterocycles. The van der Waals surface area contributed by atoms with E-state index in [0.717, 1.165) is 6.07 Å². The maximum absolute atomic E-state index is 14.3. The monoisotopic (exact) mass is 389 g/mol. The number of nitrogen functional groups attached to an aromatic ring is 1. The Labute approximate surface area is 161 Å². The van der Waals surface area contributed by atoms with Gasteiger partial charge in [-0.25, -0.2) is 8.78 Å². The van der Waals surface area contributed by atoms with E-state index in [1.54, 1.807) is 24.4 Å². The van der Waals surface area contributed by atoms with Crippen molar-refractivity contribution in [3.63, 3.8) is 0 Å². The maximum atomic E-state index is 14.3. The zero-order valence-corrected chi connectivity index (χ0v) is 14.9. The van der Waals surface area contributed by atoms with Gasteiger partial charge in [0.1, 0.15) is 11.2 Å². The summed E-state index contributed by atoms with van der Waals surface area (Å²) >= 11 is 0. The summed E-state index contributed by atoms with van der Waals surface area (Å²) < 4.78 is 28.5. The Kier molecular flexibility index (Phi) is 3.51. The molecule has 142 valence electrons. The maximum Gasteiger partial charge on any atom is 0.272 e. The van der Waals surface area contributed by atoms with Crippen LogP contribution in [0.5, 0.6) is 0 Å². The molecule has 0 bridgehead atoms. The number of nitrogens with two attached hydrogens (primary N) is 1. The van der Waals surface area contributed by atoms with Gasteiger partial charge in [0.25, 0.3) is 5.56 Å². The van der Waals surface area contributed by atoms with Crippen LogP contribution in [0.4, 0.5) is 14.5 Å². The molecule has 0 amide bonds. The minimum absolute atomic E-state index is 0.0979. The first-order valence-corrected chi connectivity index (χ1v) is 8.68. The second-order valence-electron chi connectivity index (χ2n) is 6.61. The zero-order valence-electron chi connectivity index (χ0n) is 14.9. The molecule has 3 aromatic heterocycles.